The topological polar surface area (TPSA) is 48.4 Å². The quantitative estimate of drug-likeness (QED) is 0.638. The number of aromatic nitrogens is 1. The van der Waals surface area contributed by atoms with Crippen LogP contribution in [0.2, 0.25) is 0 Å². The highest BCUT2D eigenvalue weighted by Crippen LogP contribution is 2.29. The van der Waals surface area contributed by atoms with Crippen LogP contribution in [0.4, 0.5) is 4.39 Å². The first-order valence-electron chi connectivity index (χ1n) is 7.59. The summed E-state index contributed by atoms with van der Waals surface area (Å²) in [5, 5.41) is 0.720. The van der Waals surface area contributed by atoms with Crippen molar-refractivity contribution >= 4 is 17.2 Å². The average Bonchev–Trinajstić information content (AvgIpc) is 2.60. The van der Waals surface area contributed by atoms with E-state index in [9.17, 15) is 9.18 Å². The highest BCUT2D eigenvalue weighted by molar-refractivity contribution is 5.81. The molecular formula is C19H16FNO3. The molecule has 1 aromatic heterocycles. The van der Waals surface area contributed by atoms with Crippen LogP contribution in [0.1, 0.15) is 22.8 Å². The third-order valence-electron chi connectivity index (χ3n) is 3.54. The lowest BCUT2D eigenvalue weighted by Crippen LogP contribution is -2.02. The predicted molar refractivity (Wildman–Crippen MR) is 89.0 cm³/mol. The Bertz CT molecular complexity index is 880. The number of hydrogen-bond acceptors (Lipinski definition) is 4. The van der Waals surface area contributed by atoms with E-state index in [1.807, 2.05) is 6.92 Å². The van der Waals surface area contributed by atoms with Crippen molar-refractivity contribution in [1.29, 1.82) is 0 Å². The van der Waals surface area contributed by atoms with Crippen LogP contribution in [0.3, 0.4) is 0 Å². The van der Waals surface area contributed by atoms with Gasteiger partial charge in [0.1, 0.15) is 18.7 Å². The van der Waals surface area contributed by atoms with Gasteiger partial charge in [0.25, 0.3) is 0 Å². The zero-order chi connectivity index (χ0) is 16.9. The summed E-state index contributed by atoms with van der Waals surface area (Å²) in [5.74, 6) is 0.641. The van der Waals surface area contributed by atoms with Crippen LogP contribution in [0.5, 0.6) is 11.5 Å². The summed E-state index contributed by atoms with van der Waals surface area (Å²) in [6.07, 6.45) is 2.41. The molecule has 0 atom stereocenters. The van der Waals surface area contributed by atoms with E-state index in [1.54, 1.807) is 36.5 Å². The second-order valence-corrected chi connectivity index (χ2v) is 5.19. The van der Waals surface area contributed by atoms with Gasteiger partial charge in [0.15, 0.2) is 11.5 Å². The second kappa shape index (κ2) is 7.08. The van der Waals surface area contributed by atoms with Crippen molar-refractivity contribution < 1.29 is 18.7 Å². The highest BCUT2D eigenvalue weighted by atomic mass is 19.1. The maximum absolute atomic E-state index is 13.8. The van der Waals surface area contributed by atoms with Crippen LogP contribution < -0.4 is 9.47 Å². The summed E-state index contributed by atoms with van der Waals surface area (Å²) in [5.41, 5.74) is 1.84. The predicted octanol–water partition coefficient (Wildman–Crippen LogP) is 4.16. The average molecular weight is 325 g/mol. The normalized spacial score (nSPS) is 10.6. The van der Waals surface area contributed by atoms with Gasteiger partial charge < -0.3 is 9.47 Å². The van der Waals surface area contributed by atoms with Crippen molar-refractivity contribution in [2.24, 2.45) is 0 Å². The largest absolute Gasteiger partial charge is 0.490 e. The molecule has 3 rings (SSSR count). The molecule has 4 nitrogen and oxygen atoms in total. The summed E-state index contributed by atoms with van der Waals surface area (Å²) in [6, 6.07) is 11.4. The van der Waals surface area contributed by atoms with Crippen molar-refractivity contribution in [3.8, 4) is 11.5 Å². The third-order valence-corrected chi connectivity index (χ3v) is 3.54. The van der Waals surface area contributed by atoms with Gasteiger partial charge in [-0.2, -0.15) is 0 Å². The molecule has 2 aromatic carbocycles. The van der Waals surface area contributed by atoms with E-state index in [4.69, 9.17) is 9.47 Å². The van der Waals surface area contributed by atoms with E-state index < -0.39 is 0 Å². The first-order chi connectivity index (χ1) is 11.7. The van der Waals surface area contributed by atoms with Gasteiger partial charge >= 0.3 is 0 Å². The van der Waals surface area contributed by atoms with Gasteiger partial charge in [-0.1, -0.05) is 6.07 Å². The number of carbonyl (C=O) groups is 1. The molecule has 0 aliphatic rings. The summed E-state index contributed by atoms with van der Waals surface area (Å²) < 4.78 is 25.1. The minimum absolute atomic E-state index is 0.145. The van der Waals surface area contributed by atoms with Gasteiger partial charge in [-0.15, -0.1) is 0 Å². The number of ether oxygens (including phenoxy) is 2. The van der Waals surface area contributed by atoms with Crippen LogP contribution in [0.25, 0.3) is 10.9 Å². The molecule has 3 aromatic rings. The fraction of sp³-hybridized carbons (Fsp3) is 0.158. The van der Waals surface area contributed by atoms with E-state index in [-0.39, 0.29) is 12.4 Å². The van der Waals surface area contributed by atoms with Crippen molar-refractivity contribution in [2.75, 3.05) is 6.61 Å². The van der Waals surface area contributed by atoms with Crippen LogP contribution in [0, 0.1) is 5.82 Å². The maximum atomic E-state index is 13.8. The number of pyridine rings is 1. The highest BCUT2D eigenvalue weighted by Gasteiger charge is 2.10. The lowest BCUT2D eigenvalue weighted by molar-refractivity contribution is 0.112. The van der Waals surface area contributed by atoms with E-state index in [1.165, 1.54) is 12.1 Å². The van der Waals surface area contributed by atoms with Crippen molar-refractivity contribution in [3.05, 3.63) is 65.6 Å². The summed E-state index contributed by atoms with van der Waals surface area (Å²) in [7, 11) is 0. The van der Waals surface area contributed by atoms with Crippen LogP contribution in [0.15, 0.2) is 48.7 Å². The molecule has 0 radical (unpaired) electrons. The van der Waals surface area contributed by atoms with Gasteiger partial charge in [-0.05, 0) is 43.3 Å². The van der Waals surface area contributed by atoms with Crippen LogP contribution in [-0.2, 0) is 6.61 Å². The van der Waals surface area contributed by atoms with Gasteiger partial charge in [0, 0.05) is 22.7 Å². The third kappa shape index (κ3) is 3.35. The Morgan fingerprint density at radius 1 is 1.12 bits per heavy atom. The second-order valence-electron chi connectivity index (χ2n) is 5.19. The SMILES string of the molecule is CCOc1cc(C=O)ccc1OCc1cc(F)cc2cccnc12. The standard InChI is InChI=1S/C19H16FNO3/c1-2-23-18-8-13(11-22)5-6-17(18)24-12-15-10-16(20)9-14-4-3-7-21-19(14)15/h3-11H,2,12H2,1H3. The van der Waals surface area contributed by atoms with Crippen LogP contribution >= 0.6 is 0 Å². The first kappa shape index (κ1) is 15.9. The number of halogens is 1. The Hall–Kier alpha value is -2.95. The number of benzene rings is 2. The van der Waals surface area contributed by atoms with E-state index in [2.05, 4.69) is 4.98 Å². The Balaban J connectivity index is 1.90. The molecule has 0 fully saturated rings. The smallest absolute Gasteiger partial charge is 0.161 e. The molecule has 1 heterocycles. The Labute approximate surface area is 138 Å². The Morgan fingerprint density at radius 2 is 2.00 bits per heavy atom. The molecule has 0 bridgehead atoms. The summed E-state index contributed by atoms with van der Waals surface area (Å²) >= 11 is 0. The monoisotopic (exact) mass is 325 g/mol. The molecule has 0 spiro atoms. The molecule has 0 saturated carbocycles. The number of nitrogens with zero attached hydrogens (tertiary/aromatic N) is 1. The number of rotatable bonds is 6. The molecule has 122 valence electrons. The maximum Gasteiger partial charge on any atom is 0.161 e. The minimum atomic E-state index is -0.338. The lowest BCUT2D eigenvalue weighted by Gasteiger charge is -2.13. The molecule has 0 saturated heterocycles. The number of hydrogen-bond donors (Lipinski definition) is 0. The van der Waals surface area contributed by atoms with E-state index in [0.29, 0.717) is 34.7 Å². The minimum Gasteiger partial charge on any atom is -0.490 e. The van der Waals surface area contributed by atoms with Gasteiger partial charge in [0.05, 0.1) is 12.1 Å². The molecule has 24 heavy (non-hydrogen) atoms. The Morgan fingerprint density at radius 3 is 2.79 bits per heavy atom. The Kier molecular flexibility index (Phi) is 4.70. The first-order valence-corrected chi connectivity index (χ1v) is 7.59. The zero-order valence-electron chi connectivity index (χ0n) is 13.2. The van der Waals surface area contributed by atoms with Gasteiger partial charge in [0.2, 0.25) is 0 Å². The van der Waals surface area contributed by atoms with Gasteiger partial charge in [-0.25, -0.2) is 4.39 Å². The molecule has 0 amide bonds. The molecule has 0 unspecified atom stereocenters. The molecular weight excluding hydrogens is 309 g/mol. The molecule has 0 N–H and O–H groups in total. The van der Waals surface area contributed by atoms with E-state index >= 15 is 0 Å². The van der Waals surface area contributed by atoms with Gasteiger partial charge in [-0.3, -0.25) is 9.78 Å². The fourth-order valence-electron chi connectivity index (χ4n) is 2.48. The molecule has 0 aliphatic heterocycles. The molecule has 0 aliphatic carbocycles. The number of aldehydes is 1. The fourth-order valence-corrected chi connectivity index (χ4v) is 2.48. The number of fused-ring (bicyclic) bond motifs is 1. The van der Waals surface area contributed by atoms with Crippen molar-refractivity contribution in [2.45, 2.75) is 13.5 Å². The zero-order valence-corrected chi connectivity index (χ0v) is 13.2. The van der Waals surface area contributed by atoms with Crippen molar-refractivity contribution in [1.82, 2.24) is 4.98 Å². The molecule has 5 heteroatoms. The summed E-state index contributed by atoms with van der Waals surface area (Å²) in [4.78, 5) is 15.2. The summed E-state index contributed by atoms with van der Waals surface area (Å²) in [6.45, 7) is 2.44. The van der Waals surface area contributed by atoms with Crippen molar-refractivity contribution in [3.63, 3.8) is 0 Å². The lowest BCUT2D eigenvalue weighted by atomic mass is 10.1. The van der Waals surface area contributed by atoms with Crippen LogP contribution in [-0.4, -0.2) is 17.9 Å². The van der Waals surface area contributed by atoms with E-state index in [0.717, 1.165) is 11.7 Å². The number of carbonyl (C=O) groups excluding carboxylic acids is 1.